The number of phenolic OH excluding ortho intramolecular Hbond substituents is 1. The van der Waals surface area contributed by atoms with Gasteiger partial charge in [0.1, 0.15) is 5.75 Å². The first-order chi connectivity index (χ1) is 10.1. The predicted molar refractivity (Wildman–Crippen MR) is 80.1 cm³/mol. The van der Waals surface area contributed by atoms with Gasteiger partial charge in [-0.05, 0) is 29.8 Å². The monoisotopic (exact) mass is 301 g/mol. The minimum Gasteiger partial charge on any atom is -0.508 e. The summed E-state index contributed by atoms with van der Waals surface area (Å²) in [7, 11) is 0. The zero-order valence-electron chi connectivity index (χ0n) is 11.0. The molecule has 3 aromatic rings. The molecule has 0 saturated heterocycles. The maximum atomic E-state index is 9.26. The Balaban J connectivity index is 1.86. The second-order valence-electron chi connectivity index (χ2n) is 4.56. The van der Waals surface area contributed by atoms with E-state index < -0.39 is 0 Å². The largest absolute Gasteiger partial charge is 0.508 e. The van der Waals surface area contributed by atoms with Crippen molar-refractivity contribution in [2.24, 2.45) is 0 Å². The molecule has 3 N–H and O–H groups in total. The van der Waals surface area contributed by atoms with Gasteiger partial charge in [0.25, 0.3) is 5.89 Å². The van der Waals surface area contributed by atoms with E-state index >= 15 is 0 Å². The van der Waals surface area contributed by atoms with Crippen molar-refractivity contribution in [3.05, 3.63) is 58.9 Å². The number of rotatable bonds is 3. The molecule has 0 aliphatic heterocycles. The van der Waals surface area contributed by atoms with E-state index in [1.165, 1.54) is 0 Å². The third kappa shape index (κ3) is 2.83. The molecule has 3 rings (SSSR count). The number of hydrogen-bond acceptors (Lipinski definition) is 5. The highest BCUT2D eigenvalue weighted by Gasteiger charge is 2.13. The maximum Gasteiger partial charge on any atom is 0.260 e. The highest BCUT2D eigenvalue weighted by molar-refractivity contribution is 6.33. The molecule has 0 unspecified atom stereocenters. The average Bonchev–Trinajstić information content (AvgIpc) is 2.93. The summed E-state index contributed by atoms with van der Waals surface area (Å²) < 4.78 is 5.23. The minimum absolute atomic E-state index is 0.222. The second kappa shape index (κ2) is 5.46. The van der Waals surface area contributed by atoms with E-state index in [2.05, 4.69) is 10.1 Å². The second-order valence-corrected chi connectivity index (χ2v) is 4.97. The van der Waals surface area contributed by atoms with Gasteiger partial charge in [-0.25, -0.2) is 0 Å². The van der Waals surface area contributed by atoms with Gasteiger partial charge >= 0.3 is 0 Å². The van der Waals surface area contributed by atoms with Gasteiger partial charge in [-0.15, -0.1) is 0 Å². The van der Waals surface area contributed by atoms with Crippen molar-refractivity contribution in [1.29, 1.82) is 0 Å². The van der Waals surface area contributed by atoms with Crippen LogP contribution in [0.4, 0.5) is 5.69 Å². The number of nitrogen functional groups attached to an aromatic ring is 1. The van der Waals surface area contributed by atoms with Crippen molar-refractivity contribution >= 4 is 17.3 Å². The molecule has 0 saturated carbocycles. The molecule has 106 valence electrons. The standard InChI is InChI=1S/C15H12ClN3O2/c16-12-3-1-2-11(14(12)17)15-18-13(19-21-15)8-9-4-6-10(20)7-5-9/h1-7,20H,8,17H2. The zero-order valence-corrected chi connectivity index (χ0v) is 11.7. The lowest BCUT2D eigenvalue weighted by atomic mass is 10.1. The van der Waals surface area contributed by atoms with Crippen LogP contribution in [0.25, 0.3) is 11.5 Å². The number of benzene rings is 2. The Morgan fingerprint density at radius 2 is 1.90 bits per heavy atom. The molecule has 0 bridgehead atoms. The van der Waals surface area contributed by atoms with Crippen LogP contribution in [0.5, 0.6) is 5.75 Å². The molecule has 0 amide bonds. The third-order valence-corrected chi connectivity index (χ3v) is 3.38. The van der Waals surface area contributed by atoms with Crippen LogP contribution in [0.15, 0.2) is 47.0 Å². The molecule has 2 aromatic carbocycles. The number of nitrogens with two attached hydrogens (primary N) is 1. The number of para-hydroxylation sites is 1. The molecule has 1 heterocycles. The molecular weight excluding hydrogens is 290 g/mol. The highest BCUT2D eigenvalue weighted by Crippen LogP contribution is 2.30. The molecular formula is C15H12ClN3O2. The lowest BCUT2D eigenvalue weighted by molar-refractivity contribution is 0.424. The molecule has 0 fully saturated rings. The first-order valence-electron chi connectivity index (χ1n) is 6.28. The summed E-state index contributed by atoms with van der Waals surface area (Å²) in [6, 6.07) is 12.1. The SMILES string of the molecule is Nc1c(Cl)cccc1-c1nc(Cc2ccc(O)cc2)no1. The third-order valence-electron chi connectivity index (χ3n) is 3.05. The van der Waals surface area contributed by atoms with Gasteiger partial charge in [-0.1, -0.05) is 35.0 Å². The van der Waals surface area contributed by atoms with Crippen LogP contribution < -0.4 is 5.73 Å². The molecule has 5 nitrogen and oxygen atoms in total. The summed E-state index contributed by atoms with van der Waals surface area (Å²) in [6.07, 6.45) is 0.504. The van der Waals surface area contributed by atoms with Crippen LogP contribution in [0.2, 0.25) is 5.02 Å². The van der Waals surface area contributed by atoms with E-state index in [1.54, 1.807) is 42.5 Å². The Bertz CT molecular complexity index is 769. The first kappa shape index (κ1) is 13.5. The van der Waals surface area contributed by atoms with Gasteiger partial charge in [0, 0.05) is 6.42 Å². The summed E-state index contributed by atoms with van der Waals surface area (Å²) in [5.74, 6) is 1.10. The van der Waals surface area contributed by atoms with Gasteiger partial charge in [0.15, 0.2) is 5.82 Å². The summed E-state index contributed by atoms with van der Waals surface area (Å²) in [4.78, 5) is 4.32. The molecule has 0 atom stereocenters. The van der Waals surface area contributed by atoms with E-state index in [1.807, 2.05) is 0 Å². The van der Waals surface area contributed by atoms with Crippen LogP contribution in [-0.2, 0) is 6.42 Å². The van der Waals surface area contributed by atoms with Crippen molar-refractivity contribution in [2.75, 3.05) is 5.73 Å². The Hall–Kier alpha value is -2.53. The topological polar surface area (TPSA) is 85.2 Å². The van der Waals surface area contributed by atoms with Crippen molar-refractivity contribution in [3.63, 3.8) is 0 Å². The van der Waals surface area contributed by atoms with E-state index in [9.17, 15) is 5.11 Å². The fraction of sp³-hybridized carbons (Fsp3) is 0.0667. The minimum atomic E-state index is 0.222. The van der Waals surface area contributed by atoms with Gasteiger partial charge in [-0.3, -0.25) is 0 Å². The van der Waals surface area contributed by atoms with Crippen molar-refractivity contribution in [2.45, 2.75) is 6.42 Å². The predicted octanol–water partition coefficient (Wildman–Crippen LogP) is 3.27. The first-order valence-corrected chi connectivity index (χ1v) is 6.66. The van der Waals surface area contributed by atoms with Crippen molar-refractivity contribution in [1.82, 2.24) is 10.1 Å². The van der Waals surface area contributed by atoms with Crippen LogP contribution in [0, 0.1) is 0 Å². The Labute approximate surface area is 126 Å². The maximum absolute atomic E-state index is 9.26. The summed E-state index contributed by atoms with van der Waals surface area (Å²) in [6.45, 7) is 0. The fourth-order valence-electron chi connectivity index (χ4n) is 1.96. The van der Waals surface area contributed by atoms with E-state index in [0.717, 1.165) is 5.56 Å². The molecule has 1 aromatic heterocycles. The van der Waals surface area contributed by atoms with Gasteiger partial charge < -0.3 is 15.4 Å². The number of phenols is 1. The normalized spacial score (nSPS) is 10.7. The lowest BCUT2D eigenvalue weighted by Crippen LogP contribution is -1.92. The smallest absolute Gasteiger partial charge is 0.260 e. The van der Waals surface area contributed by atoms with Gasteiger partial charge in [0.2, 0.25) is 0 Å². The van der Waals surface area contributed by atoms with Crippen LogP contribution in [-0.4, -0.2) is 15.2 Å². The van der Waals surface area contributed by atoms with E-state index in [-0.39, 0.29) is 5.75 Å². The molecule has 6 heteroatoms. The Kier molecular flexibility index (Phi) is 3.50. The molecule has 21 heavy (non-hydrogen) atoms. The van der Waals surface area contributed by atoms with Crippen LogP contribution in [0.1, 0.15) is 11.4 Å². The van der Waals surface area contributed by atoms with Gasteiger partial charge in [-0.2, -0.15) is 4.98 Å². The van der Waals surface area contributed by atoms with Crippen molar-refractivity contribution in [3.8, 4) is 17.2 Å². The van der Waals surface area contributed by atoms with Crippen molar-refractivity contribution < 1.29 is 9.63 Å². The highest BCUT2D eigenvalue weighted by atomic mass is 35.5. The lowest BCUT2D eigenvalue weighted by Gasteiger charge is -2.01. The number of hydrogen-bond donors (Lipinski definition) is 2. The van der Waals surface area contributed by atoms with Crippen LogP contribution in [0.3, 0.4) is 0 Å². The number of halogens is 1. The number of aromatic hydroxyl groups is 1. The van der Waals surface area contributed by atoms with E-state index in [4.69, 9.17) is 21.9 Å². The molecule has 0 spiro atoms. The number of anilines is 1. The molecule has 0 aliphatic rings. The Morgan fingerprint density at radius 3 is 2.67 bits per heavy atom. The van der Waals surface area contributed by atoms with Crippen LogP contribution >= 0.6 is 11.6 Å². The van der Waals surface area contributed by atoms with E-state index in [0.29, 0.717) is 34.4 Å². The Morgan fingerprint density at radius 1 is 1.14 bits per heavy atom. The summed E-state index contributed by atoms with van der Waals surface area (Å²) in [5.41, 5.74) is 7.91. The van der Waals surface area contributed by atoms with Gasteiger partial charge in [0.05, 0.1) is 16.3 Å². The number of nitrogens with zero attached hydrogens (tertiary/aromatic N) is 2. The average molecular weight is 302 g/mol. The summed E-state index contributed by atoms with van der Waals surface area (Å²) in [5, 5.41) is 13.6. The molecule has 0 aliphatic carbocycles. The quantitative estimate of drug-likeness (QED) is 0.725. The summed E-state index contributed by atoms with van der Waals surface area (Å²) >= 11 is 5.98. The molecule has 0 radical (unpaired) electrons. The zero-order chi connectivity index (χ0) is 14.8. The number of aromatic nitrogens is 2. The fourth-order valence-corrected chi connectivity index (χ4v) is 2.13.